The van der Waals surface area contributed by atoms with Crippen LogP contribution in [0.25, 0.3) is 10.6 Å². The van der Waals surface area contributed by atoms with Gasteiger partial charge in [0.05, 0.1) is 0 Å². The van der Waals surface area contributed by atoms with Gasteiger partial charge >= 0.3 is 6.03 Å². The Morgan fingerprint density at radius 3 is 1.97 bits per heavy atom. The number of nitrogens with one attached hydrogen (secondary N) is 3. The molecule has 0 spiro atoms. The smallest absolute Gasteiger partial charge is 0.319 e. The predicted octanol–water partition coefficient (Wildman–Crippen LogP) is 6.82. The number of carbonyl (C=O) groups is 2. The third kappa shape index (κ3) is 6.83. The Kier molecular flexibility index (Phi) is 8.86. The third-order valence-corrected chi connectivity index (χ3v) is 7.08. The van der Waals surface area contributed by atoms with Gasteiger partial charge < -0.3 is 10.6 Å². The summed E-state index contributed by atoms with van der Waals surface area (Å²) in [5.41, 5.74) is 4.76. The number of nitrogens with zero attached hydrogens (tertiary/aromatic N) is 2. The Hall–Kier alpha value is -4.04. The van der Waals surface area contributed by atoms with E-state index in [1.54, 1.807) is 0 Å². The summed E-state index contributed by atoms with van der Waals surface area (Å²) >= 11 is 1.29. The number of anilines is 2. The largest absolute Gasteiger partial charge is 0.326 e. The molecule has 1 atom stereocenters. The van der Waals surface area contributed by atoms with Crippen molar-refractivity contribution in [1.29, 1.82) is 0 Å². The summed E-state index contributed by atoms with van der Waals surface area (Å²) in [6.45, 7) is 8.39. The van der Waals surface area contributed by atoms with Crippen molar-refractivity contribution < 1.29 is 9.59 Å². The lowest BCUT2D eigenvalue weighted by Crippen LogP contribution is -2.47. The standard InChI is InChI=1S/C30H33N5O2S/c1-19(2)23-16-11-17-24(20(3)4)26(23)32-29(37)31-25(18-21-12-7-5-8-13-21)27(36)33-30-35-34-28(38-30)22-14-9-6-10-15-22/h5-17,19-20,25H,18H2,1-4H3,(H2,31,32,37)(H,33,35,36). The van der Waals surface area contributed by atoms with Crippen molar-refractivity contribution in [1.82, 2.24) is 15.5 Å². The average molecular weight is 528 g/mol. The summed E-state index contributed by atoms with van der Waals surface area (Å²) in [5, 5.41) is 18.2. The molecule has 4 aromatic rings. The van der Waals surface area contributed by atoms with Crippen molar-refractivity contribution in [3.05, 3.63) is 95.6 Å². The van der Waals surface area contributed by atoms with Gasteiger partial charge in [-0.3, -0.25) is 10.1 Å². The Morgan fingerprint density at radius 2 is 1.37 bits per heavy atom. The van der Waals surface area contributed by atoms with Gasteiger partial charge in [0.15, 0.2) is 0 Å². The molecule has 0 saturated heterocycles. The maximum absolute atomic E-state index is 13.4. The van der Waals surface area contributed by atoms with Gasteiger partial charge in [-0.1, -0.05) is 118 Å². The lowest BCUT2D eigenvalue weighted by molar-refractivity contribution is -0.117. The highest BCUT2D eigenvalue weighted by atomic mass is 32.1. The first kappa shape index (κ1) is 27.0. The Bertz CT molecular complexity index is 1340. The van der Waals surface area contributed by atoms with Gasteiger partial charge in [0, 0.05) is 17.7 Å². The molecule has 4 rings (SSSR count). The van der Waals surface area contributed by atoms with E-state index in [9.17, 15) is 9.59 Å². The first-order valence-corrected chi connectivity index (χ1v) is 13.6. The molecule has 0 bridgehead atoms. The zero-order valence-electron chi connectivity index (χ0n) is 22.1. The van der Waals surface area contributed by atoms with E-state index in [1.165, 1.54) is 11.3 Å². The summed E-state index contributed by atoms with van der Waals surface area (Å²) in [4.78, 5) is 26.7. The van der Waals surface area contributed by atoms with Crippen LogP contribution in [-0.4, -0.2) is 28.2 Å². The fourth-order valence-corrected chi connectivity index (χ4v) is 4.98. The van der Waals surface area contributed by atoms with Crippen LogP contribution in [0.2, 0.25) is 0 Å². The predicted molar refractivity (Wildman–Crippen MR) is 155 cm³/mol. The van der Waals surface area contributed by atoms with Crippen molar-refractivity contribution in [3.8, 4) is 10.6 Å². The van der Waals surface area contributed by atoms with Crippen LogP contribution in [0.15, 0.2) is 78.9 Å². The van der Waals surface area contributed by atoms with Crippen molar-refractivity contribution in [3.63, 3.8) is 0 Å². The first-order chi connectivity index (χ1) is 18.3. The van der Waals surface area contributed by atoms with Gasteiger partial charge in [-0.25, -0.2) is 4.79 Å². The molecule has 196 valence electrons. The van der Waals surface area contributed by atoms with Gasteiger partial charge in [-0.15, -0.1) is 10.2 Å². The number of para-hydroxylation sites is 1. The lowest BCUT2D eigenvalue weighted by Gasteiger charge is -2.22. The zero-order valence-corrected chi connectivity index (χ0v) is 22.9. The molecular weight excluding hydrogens is 494 g/mol. The number of hydrogen-bond donors (Lipinski definition) is 3. The minimum Gasteiger partial charge on any atom is -0.326 e. The van der Waals surface area contributed by atoms with Crippen molar-refractivity contribution in [2.75, 3.05) is 10.6 Å². The Morgan fingerprint density at radius 1 is 0.763 bits per heavy atom. The molecule has 3 N–H and O–H groups in total. The molecule has 1 unspecified atom stereocenters. The second-order valence-corrected chi connectivity index (χ2v) is 10.7. The van der Waals surface area contributed by atoms with Crippen LogP contribution in [0.3, 0.4) is 0 Å². The topological polar surface area (TPSA) is 96.0 Å². The normalized spacial score (nSPS) is 11.8. The van der Waals surface area contributed by atoms with E-state index in [-0.39, 0.29) is 17.7 Å². The highest BCUT2D eigenvalue weighted by Gasteiger charge is 2.24. The maximum Gasteiger partial charge on any atom is 0.319 e. The summed E-state index contributed by atoms with van der Waals surface area (Å²) in [7, 11) is 0. The van der Waals surface area contributed by atoms with E-state index in [4.69, 9.17) is 0 Å². The van der Waals surface area contributed by atoms with E-state index in [0.29, 0.717) is 16.6 Å². The second-order valence-electron chi connectivity index (χ2n) is 9.73. The minimum absolute atomic E-state index is 0.226. The zero-order chi connectivity index (χ0) is 27.1. The number of rotatable bonds is 9. The fraction of sp³-hybridized carbons (Fsp3) is 0.267. The van der Waals surface area contributed by atoms with E-state index in [1.807, 2.05) is 78.9 Å². The van der Waals surface area contributed by atoms with Crippen LogP contribution < -0.4 is 16.0 Å². The Labute approximate surface area is 227 Å². The van der Waals surface area contributed by atoms with Gasteiger partial charge in [0.2, 0.25) is 11.0 Å². The monoisotopic (exact) mass is 527 g/mol. The average Bonchev–Trinajstić information content (AvgIpc) is 3.37. The Balaban J connectivity index is 1.54. The molecule has 1 heterocycles. The number of aromatic nitrogens is 2. The molecule has 1 aromatic heterocycles. The molecule has 0 fully saturated rings. The summed E-state index contributed by atoms with van der Waals surface area (Å²) in [6.07, 6.45) is 0.327. The van der Waals surface area contributed by atoms with Gasteiger partial charge in [0.25, 0.3) is 0 Å². The first-order valence-electron chi connectivity index (χ1n) is 12.8. The molecule has 8 heteroatoms. The van der Waals surface area contributed by atoms with Crippen LogP contribution in [0, 0.1) is 0 Å². The highest BCUT2D eigenvalue weighted by molar-refractivity contribution is 7.18. The maximum atomic E-state index is 13.4. The molecule has 3 aromatic carbocycles. The number of carbonyl (C=O) groups excluding carboxylic acids is 2. The van der Waals surface area contributed by atoms with Crippen LogP contribution in [0.5, 0.6) is 0 Å². The van der Waals surface area contributed by atoms with Crippen molar-refractivity contribution >= 4 is 34.1 Å². The van der Waals surface area contributed by atoms with E-state index in [2.05, 4.69) is 53.8 Å². The molecule has 7 nitrogen and oxygen atoms in total. The molecule has 0 saturated carbocycles. The van der Waals surface area contributed by atoms with Crippen LogP contribution in [-0.2, 0) is 11.2 Å². The molecule has 0 aliphatic rings. The van der Waals surface area contributed by atoms with E-state index < -0.39 is 12.1 Å². The summed E-state index contributed by atoms with van der Waals surface area (Å²) in [6, 6.07) is 24.1. The lowest BCUT2D eigenvalue weighted by atomic mass is 9.93. The molecule has 3 amide bonds. The second kappa shape index (κ2) is 12.5. The molecule has 0 aliphatic heterocycles. The van der Waals surface area contributed by atoms with Gasteiger partial charge in [0.1, 0.15) is 11.0 Å². The summed E-state index contributed by atoms with van der Waals surface area (Å²) in [5.74, 6) is 0.0910. The number of amides is 3. The number of benzene rings is 3. The minimum atomic E-state index is -0.824. The van der Waals surface area contributed by atoms with Gasteiger partial charge in [-0.05, 0) is 28.5 Å². The van der Waals surface area contributed by atoms with Gasteiger partial charge in [-0.2, -0.15) is 0 Å². The molecule has 38 heavy (non-hydrogen) atoms. The SMILES string of the molecule is CC(C)c1cccc(C(C)C)c1NC(=O)NC(Cc1ccccc1)C(=O)Nc1nnc(-c2ccccc2)s1. The highest BCUT2D eigenvalue weighted by Crippen LogP contribution is 2.32. The van der Waals surface area contributed by atoms with E-state index >= 15 is 0 Å². The quantitative estimate of drug-likeness (QED) is 0.222. The summed E-state index contributed by atoms with van der Waals surface area (Å²) < 4.78 is 0. The fourth-order valence-electron chi connectivity index (χ4n) is 4.23. The van der Waals surface area contributed by atoms with Crippen LogP contribution in [0.4, 0.5) is 15.6 Å². The molecule has 0 radical (unpaired) electrons. The molecule has 0 aliphatic carbocycles. The van der Waals surface area contributed by atoms with Crippen LogP contribution in [0.1, 0.15) is 56.2 Å². The van der Waals surface area contributed by atoms with E-state index in [0.717, 1.165) is 27.9 Å². The third-order valence-electron chi connectivity index (χ3n) is 6.19. The number of urea groups is 1. The molecular formula is C30H33N5O2S. The number of hydrogen-bond acceptors (Lipinski definition) is 5. The van der Waals surface area contributed by atoms with Crippen molar-refractivity contribution in [2.45, 2.75) is 52.0 Å². The van der Waals surface area contributed by atoms with Crippen molar-refractivity contribution in [2.24, 2.45) is 0 Å². The van der Waals surface area contributed by atoms with Crippen LogP contribution >= 0.6 is 11.3 Å².